The first kappa shape index (κ1) is 10.6. The monoisotopic (exact) mass is 211 g/mol. The van der Waals surface area contributed by atoms with Crippen LogP contribution in [0.4, 0.5) is 5.69 Å². The Morgan fingerprint density at radius 1 is 1.64 bits per heavy atom. The van der Waals surface area contributed by atoms with E-state index in [0.717, 1.165) is 0 Å². The Morgan fingerprint density at radius 3 is 2.79 bits per heavy atom. The van der Waals surface area contributed by atoms with E-state index in [1.54, 1.807) is 6.07 Å². The van der Waals surface area contributed by atoms with Crippen LogP contribution < -0.4 is 5.73 Å². The number of hydrogen-bond acceptors (Lipinski definition) is 3. The molecule has 0 bridgehead atoms. The smallest absolute Gasteiger partial charge is 0.340 e. The van der Waals surface area contributed by atoms with Crippen molar-refractivity contribution in [2.45, 2.75) is 0 Å². The van der Waals surface area contributed by atoms with E-state index in [1.165, 1.54) is 19.3 Å². The van der Waals surface area contributed by atoms with Crippen LogP contribution in [0.15, 0.2) is 18.7 Å². The van der Waals surface area contributed by atoms with E-state index in [1.807, 2.05) is 0 Å². The van der Waals surface area contributed by atoms with Crippen molar-refractivity contribution in [3.05, 3.63) is 34.9 Å². The first-order valence-corrected chi connectivity index (χ1v) is 4.27. The van der Waals surface area contributed by atoms with E-state index >= 15 is 0 Å². The Morgan fingerprint density at radius 2 is 2.29 bits per heavy atom. The minimum Gasteiger partial charge on any atom is -0.465 e. The fraction of sp³-hybridized carbons (Fsp3) is 0.100. The van der Waals surface area contributed by atoms with Crippen molar-refractivity contribution in [2.75, 3.05) is 12.8 Å². The topological polar surface area (TPSA) is 52.3 Å². The summed E-state index contributed by atoms with van der Waals surface area (Å²) in [7, 11) is 1.29. The summed E-state index contributed by atoms with van der Waals surface area (Å²) in [5.41, 5.74) is 6.80. The largest absolute Gasteiger partial charge is 0.465 e. The Kier molecular flexibility index (Phi) is 3.14. The maximum Gasteiger partial charge on any atom is 0.340 e. The molecule has 0 aliphatic carbocycles. The minimum absolute atomic E-state index is 0.291. The zero-order chi connectivity index (χ0) is 10.7. The lowest BCUT2D eigenvalue weighted by Gasteiger charge is -2.07. The number of carbonyl (C=O) groups is 1. The molecule has 3 nitrogen and oxygen atoms in total. The molecule has 0 unspecified atom stereocenters. The van der Waals surface area contributed by atoms with Gasteiger partial charge in [0.2, 0.25) is 0 Å². The van der Waals surface area contributed by atoms with E-state index in [9.17, 15) is 4.79 Å². The van der Waals surface area contributed by atoms with E-state index < -0.39 is 5.97 Å². The van der Waals surface area contributed by atoms with Crippen LogP contribution >= 0.6 is 11.6 Å². The Bertz CT molecular complexity index is 388. The molecule has 0 amide bonds. The van der Waals surface area contributed by atoms with Gasteiger partial charge in [-0.1, -0.05) is 24.3 Å². The van der Waals surface area contributed by atoms with Crippen molar-refractivity contribution in [3.8, 4) is 0 Å². The van der Waals surface area contributed by atoms with Crippen LogP contribution in [0.5, 0.6) is 0 Å². The second-order valence-electron chi connectivity index (χ2n) is 2.65. The fourth-order valence-electron chi connectivity index (χ4n) is 1.15. The minimum atomic E-state index is -0.492. The molecular weight excluding hydrogens is 202 g/mol. The van der Waals surface area contributed by atoms with Crippen LogP contribution in [0.2, 0.25) is 5.02 Å². The molecule has 0 aliphatic rings. The highest BCUT2D eigenvalue weighted by Crippen LogP contribution is 2.24. The van der Waals surface area contributed by atoms with Gasteiger partial charge in [0.1, 0.15) is 0 Å². The normalized spacial score (nSPS) is 9.57. The molecule has 74 valence electrons. The lowest BCUT2D eigenvalue weighted by Crippen LogP contribution is -2.07. The lowest BCUT2D eigenvalue weighted by atomic mass is 10.1. The first-order chi connectivity index (χ1) is 6.60. The Balaban J connectivity index is 3.39. The molecule has 1 aromatic carbocycles. The number of methoxy groups -OCH3 is 1. The van der Waals surface area contributed by atoms with Gasteiger partial charge >= 0.3 is 5.97 Å². The second-order valence-corrected chi connectivity index (χ2v) is 3.09. The summed E-state index contributed by atoms with van der Waals surface area (Å²) in [6.45, 7) is 3.57. The molecule has 0 heterocycles. The Hall–Kier alpha value is -1.48. The zero-order valence-electron chi connectivity index (χ0n) is 7.71. The molecular formula is C10H10ClNO2. The zero-order valence-corrected chi connectivity index (χ0v) is 8.47. The Labute approximate surface area is 87.1 Å². The summed E-state index contributed by atoms with van der Waals surface area (Å²) in [6, 6.07) is 3.11. The van der Waals surface area contributed by atoms with Gasteiger partial charge in [0.15, 0.2) is 0 Å². The molecule has 0 radical (unpaired) electrons. The number of nitrogen functional groups attached to an aromatic ring is 1. The highest BCUT2D eigenvalue weighted by molar-refractivity contribution is 6.31. The molecule has 0 aromatic heterocycles. The van der Waals surface area contributed by atoms with Gasteiger partial charge in [0, 0.05) is 10.7 Å². The van der Waals surface area contributed by atoms with E-state index in [-0.39, 0.29) is 0 Å². The number of hydrogen-bond donors (Lipinski definition) is 1. The van der Waals surface area contributed by atoms with E-state index in [0.29, 0.717) is 21.8 Å². The number of nitrogens with two attached hydrogens (primary N) is 1. The van der Waals surface area contributed by atoms with Crippen LogP contribution in [-0.4, -0.2) is 13.1 Å². The van der Waals surface area contributed by atoms with E-state index in [2.05, 4.69) is 11.3 Å². The maximum atomic E-state index is 11.3. The van der Waals surface area contributed by atoms with Gasteiger partial charge in [-0.15, -0.1) is 0 Å². The van der Waals surface area contributed by atoms with Gasteiger partial charge in [-0.25, -0.2) is 4.79 Å². The van der Waals surface area contributed by atoms with Gasteiger partial charge in [0.05, 0.1) is 12.7 Å². The van der Waals surface area contributed by atoms with Crippen LogP contribution in [0, 0.1) is 0 Å². The molecule has 4 heteroatoms. The average molecular weight is 212 g/mol. The quantitative estimate of drug-likeness (QED) is 0.604. The SMILES string of the molecule is C=Cc1cc(Cl)cc(N)c1C(=O)OC. The third-order valence-electron chi connectivity index (χ3n) is 1.77. The third-order valence-corrected chi connectivity index (χ3v) is 1.99. The summed E-state index contributed by atoms with van der Waals surface area (Å²) < 4.78 is 4.59. The predicted molar refractivity (Wildman–Crippen MR) is 57.3 cm³/mol. The third kappa shape index (κ3) is 1.88. The number of esters is 1. The van der Waals surface area contributed by atoms with Crippen molar-refractivity contribution in [3.63, 3.8) is 0 Å². The fourth-order valence-corrected chi connectivity index (χ4v) is 1.38. The van der Waals surface area contributed by atoms with Gasteiger partial charge in [-0.05, 0) is 17.7 Å². The van der Waals surface area contributed by atoms with Crippen LogP contribution in [0.3, 0.4) is 0 Å². The molecule has 0 spiro atoms. The van der Waals surface area contributed by atoms with Crippen molar-refractivity contribution < 1.29 is 9.53 Å². The van der Waals surface area contributed by atoms with Crippen LogP contribution in [-0.2, 0) is 4.74 Å². The molecule has 0 saturated carbocycles. The highest BCUT2D eigenvalue weighted by Gasteiger charge is 2.14. The van der Waals surface area contributed by atoms with Crippen molar-refractivity contribution in [1.82, 2.24) is 0 Å². The standard InChI is InChI=1S/C10H10ClNO2/c1-3-6-4-7(11)5-8(12)9(6)10(13)14-2/h3-5H,1,12H2,2H3. The number of anilines is 1. The average Bonchev–Trinajstić information content (AvgIpc) is 2.15. The maximum absolute atomic E-state index is 11.3. The van der Waals surface area contributed by atoms with Gasteiger partial charge in [0.25, 0.3) is 0 Å². The first-order valence-electron chi connectivity index (χ1n) is 3.90. The summed E-state index contributed by atoms with van der Waals surface area (Å²) >= 11 is 5.77. The van der Waals surface area contributed by atoms with E-state index in [4.69, 9.17) is 17.3 Å². The van der Waals surface area contributed by atoms with Gasteiger partial charge in [-0.2, -0.15) is 0 Å². The molecule has 0 atom stereocenters. The summed E-state index contributed by atoms with van der Waals surface area (Å²) in [5, 5.41) is 0.463. The number of carbonyl (C=O) groups excluding carboxylic acids is 1. The summed E-state index contributed by atoms with van der Waals surface area (Å²) in [6.07, 6.45) is 1.51. The lowest BCUT2D eigenvalue weighted by molar-refractivity contribution is 0.0602. The second kappa shape index (κ2) is 4.15. The van der Waals surface area contributed by atoms with Gasteiger partial charge < -0.3 is 10.5 Å². The molecule has 0 fully saturated rings. The van der Waals surface area contributed by atoms with Crippen LogP contribution in [0.25, 0.3) is 6.08 Å². The predicted octanol–water partition coefficient (Wildman–Crippen LogP) is 2.35. The van der Waals surface area contributed by atoms with Crippen molar-refractivity contribution in [2.24, 2.45) is 0 Å². The van der Waals surface area contributed by atoms with Gasteiger partial charge in [-0.3, -0.25) is 0 Å². The molecule has 1 rings (SSSR count). The van der Waals surface area contributed by atoms with Crippen molar-refractivity contribution in [1.29, 1.82) is 0 Å². The van der Waals surface area contributed by atoms with Crippen molar-refractivity contribution >= 4 is 29.3 Å². The number of halogens is 1. The number of ether oxygens (including phenoxy) is 1. The summed E-state index contributed by atoms with van der Waals surface area (Å²) in [4.78, 5) is 11.3. The number of rotatable bonds is 2. The van der Waals surface area contributed by atoms with Crippen LogP contribution in [0.1, 0.15) is 15.9 Å². The summed E-state index contributed by atoms with van der Waals surface area (Å²) in [5.74, 6) is -0.492. The highest BCUT2D eigenvalue weighted by atomic mass is 35.5. The molecule has 2 N–H and O–H groups in total. The number of benzene rings is 1. The molecule has 0 saturated heterocycles. The molecule has 14 heavy (non-hydrogen) atoms. The molecule has 1 aromatic rings. The molecule has 0 aliphatic heterocycles.